The molecule has 0 fully saturated rings. The lowest BCUT2D eigenvalue weighted by Gasteiger charge is -2.31. The number of aliphatic hydroxyl groups is 2. The SMILES string of the molecule is CCCCCCCCCCCCCCCCCCC1(O)C=CC(O)=CC1C(=O)O. The van der Waals surface area contributed by atoms with Crippen LogP contribution in [-0.2, 0) is 4.79 Å². The summed E-state index contributed by atoms with van der Waals surface area (Å²) in [5.74, 6) is -2.25. The van der Waals surface area contributed by atoms with E-state index >= 15 is 0 Å². The fraction of sp³-hybridized carbons (Fsp3) is 0.800. The number of aliphatic carboxylic acids is 1. The standard InChI is InChI=1S/C25H44O4/c1-2-3-4-5-6-7-8-9-10-11-12-13-14-15-16-17-19-25(29)20-18-22(26)21-23(25)24(27)28/h18,20-21,23,26,29H,2-17,19H2,1H3,(H,27,28). The summed E-state index contributed by atoms with van der Waals surface area (Å²) in [6.45, 7) is 2.26. The molecule has 0 saturated heterocycles. The second-order valence-electron chi connectivity index (χ2n) is 8.79. The van der Waals surface area contributed by atoms with Gasteiger partial charge in [0.15, 0.2) is 0 Å². The number of unbranched alkanes of at least 4 members (excludes halogenated alkanes) is 15. The Balaban J connectivity index is 1.94. The molecule has 0 bridgehead atoms. The molecule has 4 nitrogen and oxygen atoms in total. The molecule has 168 valence electrons. The van der Waals surface area contributed by atoms with Crippen LogP contribution in [0.15, 0.2) is 24.0 Å². The van der Waals surface area contributed by atoms with Crippen molar-refractivity contribution in [1.29, 1.82) is 0 Å². The van der Waals surface area contributed by atoms with Crippen molar-refractivity contribution in [3.05, 3.63) is 24.0 Å². The molecule has 3 N–H and O–H groups in total. The number of aliphatic hydroxyl groups excluding tert-OH is 1. The normalized spacial score (nSPS) is 21.3. The Labute approximate surface area is 178 Å². The zero-order valence-electron chi connectivity index (χ0n) is 18.6. The lowest BCUT2D eigenvalue weighted by molar-refractivity contribution is -0.146. The summed E-state index contributed by atoms with van der Waals surface area (Å²) in [4.78, 5) is 11.3. The van der Waals surface area contributed by atoms with Crippen LogP contribution in [0.5, 0.6) is 0 Å². The number of hydrogen-bond acceptors (Lipinski definition) is 3. The van der Waals surface area contributed by atoms with Crippen molar-refractivity contribution in [3.8, 4) is 0 Å². The van der Waals surface area contributed by atoms with E-state index in [2.05, 4.69) is 6.92 Å². The van der Waals surface area contributed by atoms with E-state index in [-0.39, 0.29) is 5.76 Å². The van der Waals surface area contributed by atoms with E-state index in [0.717, 1.165) is 19.3 Å². The highest BCUT2D eigenvalue weighted by Crippen LogP contribution is 2.32. The first-order valence-electron chi connectivity index (χ1n) is 12.0. The van der Waals surface area contributed by atoms with Crippen LogP contribution < -0.4 is 0 Å². The van der Waals surface area contributed by atoms with Crippen molar-refractivity contribution >= 4 is 5.97 Å². The zero-order chi connectivity index (χ0) is 21.4. The van der Waals surface area contributed by atoms with Gasteiger partial charge in [0.05, 0.1) is 0 Å². The van der Waals surface area contributed by atoms with Gasteiger partial charge >= 0.3 is 5.97 Å². The minimum atomic E-state index is -1.38. The van der Waals surface area contributed by atoms with E-state index in [1.807, 2.05) is 0 Å². The summed E-state index contributed by atoms with van der Waals surface area (Å²) >= 11 is 0. The van der Waals surface area contributed by atoms with Crippen LogP contribution in [0, 0.1) is 5.92 Å². The van der Waals surface area contributed by atoms with Crippen LogP contribution in [0.1, 0.15) is 116 Å². The van der Waals surface area contributed by atoms with Crippen molar-refractivity contribution in [3.63, 3.8) is 0 Å². The van der Waals surface area contributed by atoms with E-state index in [1.54, 1.807) is 0 Å². The average molecular weight is 409 g/mol. The summed E-state index contributed by atoms with van der Waals surface area (Å²) in [5.41, 5.74) is -1.38. The van der Waals surface area contributed by atoms with Crippen LogP contribution in [0.3, 0.4) is 0 Å². The Kier molecular flexibility index (Phi) is 13.8. The molecule has 0 aromatic carbocycles. The van der Waals surface area contributed by atoms with Gasteiger partial charge in [-0.1, -0.05) is 110 Å². The van der Waals surface area contributed by atoms with E-state index in [9.17, 15) is 20.1 Å². The second-order valence-corrected chi connectivity index (χ2v) is 8.79. The van der Waals surface area contributed by atoms with Gasteiger partial charge in [0.2, 0.25) is 0 Å². The molecule has 0 heterocycles. The Morgan fingerprint density at radius 2 is 1.24 bits per heavy atom. The first kappa shape index (κ1) is 25.7. The Morgan fingerprint density at radius 3 is 1.66 bits per heavy atom. The number of carboxylic acids is 1. The maximum absolute atomic E-state index is 11.3. The molecule has 0 saturated carbocycles. The van der Waals surface area contributed by atoms with Gasteiger partial charge in [-0.2, -0.15) is 0 Å². The molecular formula is C25H44O4. The molecule has 1 aliphatic rings. The lowest BCUT2D eigenvalue weighted by atomic mass is 9.79. The minimum Gasteiger partial charge on any atom is -0.508 e. The van der Waals surface area contributed by atoms with Gasteiger partial charge in [-0.3, -0.25) is 4.79 Å². The molecule has 2 unspecified atom stereocenters. The topological polar surface area (TPSA) is 77.8 Å². The number of carbonyl (C=O) groups is 1. The Bertz CT molecular complexity index is 497. The van der Waals surface area contributed by atoms with E-state index in [1.165, 1.54) is 102 Å². The maximum atomic E-state index is 11.3. The first-order chi connectivity index (χ1) is 14.0. The third kappa shape index (κ3) is 11.5. The van der Waals surface area contributed by atoms with E-state index in [4.69, 9.17) is 0 Å². The Hall–Kier alpha value is -1.29. The zero-order valence-corrected chi connectivity index (χ0v) is 18.6. The largest absolute Gasteiger partial charge is 0.508 e. The fourth-order valence-corrected chi connectivity index (χ4v) is 4.18. The highest BCUT2D eigenvalue weighted by molar-refractivity contribution is 5.75. The summed E-state index contributed by atoms with van der Waals surface area (Å²) < 4.78 is 0. The molecule has 0 spiro atoms. The molecule has 4 heteroatoms. The fourth-order valence-electron chi connectivity index (χ4n) is 4.18. The molecule has 0 radical (unpaired) electrons. The van der Waals surface area contributed by atoms with Gasteiger partial charge in [-0.25, -0.2) is 0 Å². The van der Waals surface area contributed by atoms with Gasteiger partial charge in [0.1, 0.15) is 17.3 Å². The van der Waals surface area contributed by atoms with Crippen LogP contribution in [0.25, 0.3) is 0 Å². The highest BCUT2D eigenvalue weighted by atomic mass is 16.4. The number of carboxylic acid groups (broad SMARTS) is 1. The molecule has 0 amide bonds. The maximum Gasteiger partial charge on any atom is 0.313 e. The van der Waals surface area contributed by atoms with Gasteiger partial charge in [-0.05, 0) is 24.6 Å². The van der Waals surface area contributed by atoms with E-state index < -0.39 is 17.5 Å². The van der Waals surface area contributed by atoms with E-state index in [0.29, 0.717) is 6.42 Å². The Morgan fingerprint density at radius 1 is 0.828 bits per heavy atom. The molecule has 2 atom stereocenters. The van der Waals surface area contributed by atoms with Crippen LogP contribution >= 0.6 is 0 Å². The van der Waals surface area contributed by atoms with Crippen LogP contribution in [-0.4, -0.2) is 26.9 Å². The van der Waals surface area contributed by atoms with Gasteiger partial charge in [-0.15, -0.1) is 0 Å². The second kappa shape index (κ2) is 15.5. The van der Waals surface area contributed by atoms with Gasteiger partial charge in [0.25, 0.3) is 0 Å². The molecule has 1 rings (SSSR count). The van der Waals surface area contributed by atoms with Gasteiger partial charge in [0, 0.05) is 0 Å². The summed E-state index contributed by atoms with van der Waals surface area (Å²) in [5, 5.41) is 29.4. The number of hydrogen-bond donors (Lipinski definition) is 3. The lowest BCUT2D eigenvalue weighted by Crippen LogP contribution is -2.41. The van der Waals surface area contributed by atoms with Crippen LogP contribution in [0.2, 0.25) is 0 Å². The highest BCUT2D eigenvalue weighted by Gasteiger charge is 2.39. The van der Waals surface area contributed by atoms with Crippen molar-refractivity contribution in [2.45, 2.75) is 122 Å². The average Bonchev–Trinajstić information content (AvgIpc) is 2.69. The molecule has 0 aromatic heterocycles. The minimum absolute atomic E-state index is 0.0888. The summed E-state index contributed by atoms with van der Waals surface area (Å²) in [7, 11) is 0. The summed E-state index contributed by atoms with van der Waals surface area (Å²) in [6.07, 6.45) is 25.1. The van der Waals surface area contributed by atoms with Crippen molar-refractivity contribution in [1.82, 2.24) is 0 Å². The smallest absolute Gasteiger partial charge is 0.313 e. The molecular weight excluding hydrogens is 364 g/mol. The van der Waals surface area contributed by atoms with Crippen molar-refractivity contribution in [2.24, 2.45) is 5.92 Å². The van der Waals surface area contributed by atoms with Crippen molar-refractivity contribution in [2.75, 3.05) is 0 Å². The number of rotatable bonds is 18. The number of allylic oxidation sites excluding steroid dienone is 1. The first-order valence-corrected chi connectivity index (χ1v) is 12.0. The third-order valence-electron chi connectivity index (χ3n) is 6.12. The molecule has 1 aliphatic carbocycles. The summed E-state index contributed by atoms with van der Waals surface area (Å²) in [6, 6.07) is 0. The molecule has 29 heavy (non-hydrogen) atoms. The quantitative estimate of drug-likeness (QED) is 0.212. The monoisotopic (exact) mass is 408 g/mol. The predicted octanol–water partition coefficient (Wildman–Crippen LogP) is 7.08. The van der Waals surface area contributed by atoms with Crippen LogP contribution in [0.4, 0.5) is 0 Å². The predicted molar refractivity (Wildman–Crippen MR) is 120 cm³/mol. The molecule has 0 aliphatic heterocycles. The van der Waals surface area contributed by atoms with Crippen molar-refractivity contribution < 1.29 is 20.1 Å². The third-order valence-corrected chi connectivity index (χ3v) is 6.12. The molecule has 0 aromatic rings. The van der Waals surface area contributed by atoms with Gasteiger partial charge < -0.3 is 15.3 Å².